The summed E-state index contributed by atoms with van der Waals surface area (Å²) in [5, 5.41) is 18.4. The van der Waals surface area contributed by atoms with E-state index < -0.39 is 35.1 Å². The summed E-state index contributed by atoms with van der Waals surface area (Å²) in [6.45, 7) is 2.87. The minimum Gasteiger partial charge on any atom is -0.481 e. The number of hydrogen-bond acceptors (Lipinski definition) is 4. The van der Waals surface area contributed by atoms with Gasteiger partial charge in [-0.05, 0) is 13.8 Å². The Hall–Kier alpha value is -1.67. The third-order valence-electron chi connectivity index (χ3n) is 3.30. The van der Waals surface area contributed by atoms with Crippen molar-refractivity contribution in [2.75, 3.05) is 0 Å². The number of rotatable bonds is 3. The fourth-order valence-corrected chi connectivity index (χ4v) is 2.06. The molecule has 0 bridgehead atoms. The van der Waals surface area contributed by atoms with Crippen molar-refractivity contribution in [3.05, 3.63) is 0 Å². The molecule has 5 nitrogen and oxygen atoms in total. The smallest absolute Gasteiger partial charge is 0.306 e. The lowest BCUT2D eigenvalue weighted by molar-refractivity contribution is -0.143. The van der Waals surface area contributed by atoms with Crippen molar-refractivity contribution < 1.29 is 24.6 Å². The molecule has 1 saturated carbocycles. The van der Waals surface area contributed by atoms with Gasteiger partial charge in [-0.1, -0.05) is 5.92 Å². The third kappa shape index (κ3) is 1.85. The predicted molar refractivity (Wildman–Crippen MR) is 57.9 cm³/mol. The molecule has 92 valence electrons. The van der Waals surface area contributed by atoms with E-state index in [1.807, 2.05) is 0 Å². The summed E-state index contributed by atoms with van der Waals surface area (Å²) in [5.41, 5.74) is -2.95. The second-order valence-corrected chi connectivity index (χ2v) is 4.78. The molecule has 0 aromatic carbocycles. The van der Waals surface area contributed by atoms with Crippen LogP contribution in [0.4, 0.5) is 0 Å². The van der Waals surface area contributed by atoms with E-state index >= 15 is 0 Å². The molecule has 5 heteroatoms. The maximum absolute atomic E-state index is 12.1. The van der Waals surface area contributed by atoms with Crippen molar-refractivity contribution >= 4 is 17.5 Å². The van der Waals surface area contributed by atoms with E-state index in [0.29, 0.717) is 0 Å². The van der Waals surface area contributed by atoms with Crippen LogP contribution in [0, 0.1) is 23.2 Å². The minimum atomic E-state index is -1.70. The first kappa shape index (κ1) is 13.4. The number of aliphatic hydroxyl groups excluding tert-OH is 1. The Bertz CT molecular complexity index is 429. The van der Waals surface area contributed by atoms with Gasteiger partial charge >= 0.3 is 5.97 Å². The highest BCUT2D eigenvalue weighted by molar-refractivity contribution is 6.17. The van der Waals surface area contributed by atoms with Crippen LogP contribution in [0.5, 0.6) is 0 Å². The Kier molecular flexibility index (Phi) is 3.13. The van der Waals surface area contributed by atoms with Gasteiger partial charge in [-0.25, -0.2) is 0 Å². The number of hydrogen-bond donors (Lipinski definition) is 2. The van der Waals surface area contributed by atoms with E-state index in [1.54, 1.807) is 0 Å². The SMILES string of the molecule is C#C[C@@]1(C(O)CC(=O)O)CC(=O)C(C)(C)C1=O. The molecule has 1 aliphatic carbocycles. The molecule has 0 aliphatic heterocycles. The van der Waals surface area contributed by atoms with E-state index in [-0.39, 0.29) is 12.2 Å². The van der Waals surface area contributed by atoms with Gasteiger partial charge in [-0.15, -0.1) is 6.42 Å². The fourth-order valence-electron chi connectivity index (χ4n) is 2.06. The molecule has 0 aromatic rings. The average molecular weight is 238 g/mol. The molecular weight excluding hydrogens is 224 g/mol. The molecule has 1 fully saturated rings. The van der Waals surface area contributed by atoms with Crippen molar-refractivity contribution in [2.24, 2.45) is 10.8 Å². The zero-order valence-electron chi connectivity index (χ0n) is 9.69. The first-order chi connectivity index (χ1) is 7.68. The first-order valence-electron chi connectivity index (χ1n) is 5.14. The lowest BCUT2D eigenvalue weighted by Crippen LogP contribution is -2.42. The number of aliphatic carboxylic acids is 1. The maximum Gasteiger partial charge on any atom is 0.306 e. The summed E-state index contributed by atoms with van der Waals surface area (Å²) in [6, 6.07) is 0. The van der Waals surface area contributed by atoms with Gasteiger partial charge in [-0.3, -0.25) is 14.4 Å². The number of carboxylic acid groups (broad SMARTS) is 1. The molecule has 0 heterocycles. The minimum absolute atomic E-state index is 0.302. The number of carbonyl (C=O) groups is 3. The normalized spacial score (nSPS) is 28.8. The van der Waals surface area contributed by atoms with Crippen molar-refractivity contribution in [1.82, 2.24) is 0 Å². The van der Waals surface area contributed by atoms with E-state index in [1.165, 1.54) is 13.8 Å². The van der Waals surface area contributed by atoms with Gasteiger partial charge in [0.25, 0.3) is 0 Å². The highest BCUT2D eigenvalue weighted by Gasteiger charge is 2.60. The summed E-state index contributed by atoms with van der Waals surface area (Å²) in [5.74, 6) is -0.0800. The molecule has 17 heavy (non-hydrogen) atoms. The van der Waals surface area contributed by atoms with Crippen LogP contribution in [-0.4, -0.2) is 33.9 Å². The van der Waals surface area contributed by atoms with Gasteiger partial charge in [0.05, 0.1) is 17.9 Å². The number of terminal acetylenes is 1. The molecule has 0 aromatic heterocycles. The first-order valence-corrected chi connectivity index (χ1v) is 5.14. The molecule has 2 N–H and O–H groups in total. The van der Waals surface area contributed by atoms with E-state index in [0.717, 1.165) is 0 Å². The lowest BCUT2D eigenvalue weighted by atomic mass is 9.75. The van der Waals surface area contributed by atoms with Crippen molar-refractivity contribution in [1.29, 1.82) is 0 Å². The molecule has 1 aliphatic rings. The summed E-state index contributed by atoms with van der Waals surface area (Å²) in [4.78, 5) is 34.3. The molecule has 0 radical (unpaired) electrons. The zero-order valence-corrected chi connectivity index (χ0v) is 9.69. The number of Topliss-reactive ketones (excluding diaryl/α,β-unsaturated/α-hetero) is 2. The van der Waals surface area contributed by atoms with Crippen LogP contribution < -0.4 is 0 Å². The number of carboxylic acids is 1. The Labute approximate surface area is 98.8 Å². The molecule has 0 saturated heterocycles. The molecule has 0 spiro atoms. The summed E-state index contributed by atoms with van der Waals surface area (Å²) in [7, 11) is 0. The molecule has 1 rings (SSSR count). The van der Waals surface area contributed by atoms with E-state index in [4.69, 9.17) is 11.5 Å². The van der Waals surface area contributed by atoms with Gasteiger partial charge in [-0.2, -0.15) is 0 Å². The monoisotopic (exact) mass is 238 g/mol. The van der Waals surface area contributed by atoms with Gasteiger partial charge in [0.15, 0.2) is 5.78 Å². The molecule has 1 unspecified atom stereocenters. The van der Waals surface area contributed by atoms with Crippen LogP contribution >= 0.6 is 0 Å². The Morgan fingerprint density at radius 1 is 1.53 bits per heavy atom. The van der Waals surface area contributed by atoms with E-state index in [9.17, 15) is 19.5 Å². The standard InChI is InChI=1S/C12H14O5/c1-4-12(7(13)5-9(15)16)6-8(14)11(2,3)10(12)17/h1,7,13H,5-6H2,2-3H3,(H,15,16)/t7?,12-/m0/s1. The topological polar surface area (TPSA) is 91.7 Å². The molecular formula is C12H14O5. The van der Waals surface area contributed by atoms with Crippen LogP contribution in [0.1, 0.15) is 26.7 Å². The largest absolute Gasteiger partial charge is 0.481 e. The zero-order chi connectivity index (χ0) is 13.4. The van der Waals surface area contributed by atoms with Gasteiger partial charge < -0.3 is 10.2 Å². The van der Waals surface area contributed by atoms with Gasteiger partial charge in [0.1, 0.15) is 11.2 Å². The highest BCUT2D eigenvalue weighted by atomic mass is 16.4. The van der Waals surface area contributed by atoms with Crippen LogP contribution in [0.3, 0.4) is 0 Å². The van der Waals surface area contributed by atoms with Gasteiger partial charge in [0.2, 0.25) is 0 Å². The Balaban J connectivity index is 3.17. The van der Waals surface area contributed by atoms with Crippen molar-refractivity contribution in [2.45, 2.75) is 32.8 Å². The molecule has 2 atom stereocenters. The maximum atomic E-state index is 12.1. The Morgan fingerprint density at radius 2 is 2.06 bits per heavy atom. The molecule has 0 amide bonds. The quantitative estimate of drug-likeness (QED) is 0.533. The van der Waals surface area contributed by atoms with Crippen LogP contribution in [-0.2, 0) is 14.4 Å². The highest BCUT2D eigenvalue weighted by Crippen LogP contribution is 2.45. The summed E-state index contributed by atoms with van der Waals surface area (Å²) in [6.07, 6.45) is 2.75. The van der Waals surface area contributed by atoms with Crippen LogP contribution in [0.2, 0.25) is 0 Å². The summed E-state index contributed by atoms with van der Waals surface area (Å²) >= 11 is 0. The fraction of sp³-hybridized carbons (Fsp3) is 0.583. The third-order valence-corrected chi connectivity index (χ3v) is 3.30. The summed E-state index contributed by atoms with van der Waals surface area (Å²) < 4.78 is 0. The van der Waals surface area contributed by atoms with Gasteiger partial charge in [0, 0.05) is 6.42 Å². The predicted octanol–water partition coefficient (Wildman–Crippen LogP) is 0.00970. The lowest BCUT2D eigenvalue weighted by Gasteiger charge is -2.27. The number of carbonyl (C=O) groups excluding carboxylic acids is 2. The van der Waals surface area contributed by atoms with Crippen LogP contribution in [0.15, 0.2) is 0 Å². The van der Waals surface area contributed by atoms with E-state index in [2.05, 4.69) is 5.92 Å². The second kappa shape index (κ2) is 3.97. The number of ketones is 2. The van der Waals surface area contributed by atoms with Crippen molar-refractivity contribution in [3.63, 3.8) is 0 Å². The Morgan fingerprint density at radius 3 is 2.35 bits per heavy atom. The second-order valence-electron chi connectivity index (χ2n) is 4.78. The van der Waals surface area contributed by atoms with Crippen LogP contribution in [0.25, 0.3) is 0 Å². The van der Waals surface area contributed by atoms with Crippen molar-refractivity contribution in [3.8, 4) is 12.3 Å². The number of aliphatic hydroxyl groups is 1. The average Bonchev–Trinajstić information content (AvgIpc) is 2.39.